The Morgan fingerprint density at radius 2 is 1.91 bits per heavy atom. The van der Waals surface area contributed by atoms with Crippen LogP contribution < -0.4 is 4.74 Å². The first-order valence-electron chi connectivity index (χ1n) is 6.88. The van der Waals surface area contributed by atoms with E-state index in [-0.39, 0.29) is 43.0 Å². The first kappa shape index (κ1) is 15.4. The van der Waals surface area contributed by atoms with Crippen LogP contribution in [0, 0.1) is 10.1 Å². The van der Waals surface area contributed by atoms with Gasteiger partial charge in [0.05, 0.1) is 4.90 Å². The summed E-state index contributed by atoms with van der Waals surface area (Å²) in [6.45, 7) is 0.626. The maximum atomic E-state index is 12.6. The number of sulfonamides is 1. The summed E-state index contributed by atoms with van der Waals surface area (Å²) in [6, 6.07) is 8.25. The molecule has 10 heteroatoms. The Morgan fingerprint density at radius 1 is 1.17 bits per heavy atom. The van der Waals surface area contributed by atoms with Crippen molar-refractivity contribution < 1.29 is 18.1 Å². The second-order valence-corrected chi connectivity index (χ2v) is 6.84. The van der Waals surface area contributed by atoms with E-state index in [1.807, 2.05) is 0 Å². The van der Waals surface area contributed by atoms with E-state index >= 15 is 0 Å². The van der Waals surface area contributed by atoms with Crippen molar-refractivity contribution in [2.24, 2.45) is 0 Å². The van der Waals surface area contributed by atoms with E-state index in [0.29, 0.717) is 0 Å². The molecule has 0 amide bonds. The van der Waals surface area contributed by atoms with Crippen LogP contribution in [0.15, 0.2) is 41.4 Å². The van der Waals surface area contributed by atoms with Crippen molar-refractivity contribution in [3.63, 3.8) is 0 Å². The molecule has 0 atom stereocenters. The third-order valence-electron chi connectivity index (χ3n) is 3.46. The normalized spacial score (nSPS) is 16.0. The lowest BCUT2D eigenvalue weighted by Gasteiger charge is -2.24. The van der Waals surface area contributed by atoms with Crippen LogP contribution in [0.1, 0.15) is 0 Å². The maximum Gasteiger partial charge on any atom is 0.414 e. The Labute approximate surface area is 132 Å². The number of imidazole rings is 1. The highest BCUT2D eigenvalue weighted by Crippen LogP contribution is 2.21. The van der Waals surface area contributed by atoms with E-state index in [1.54, 1.807) is 18.2 Å². The number of nitrogens with zero attached hydrogens (tertiary/aromatic N) is 4. The van der Waals surface area contributed by atoms with Gasteiger partial charge in [-0.05, 0) is 17.1 Å². The van der Waals surface area contributed by atoms with Gasteiger partial charge in [0.25, 0.3) is 0 Å². The molecule has 0 spiro atoms. The minimum Gasteiger partial charge on any atom is -0.444 e. The number of ether oxygens (including phenoxy) is 1. The number of hydrogen-bond donors (Lipinski definition) is 0. The first-order valence-corrected chi connectivity index (χ1v) is 8.32. The van der Waals surface area contributed by atoms with Gasteiger partial charge in [-0.15, -0.1) is 0 Å². The van der Waals surface area contributed by atoms with Gasteiger partial charge in [0, 0.05) is 24.6 Å². The molecule has 0 saturated carbocycles. The first-order chi connectivity index (χ1) is 11.0. The highest BCUT2D eigenvalue weighted by atomic mass is 32.2. The highest BCUT2D eigenvalue weighted by molar-refractivity contribution is 7.89. The van der Waals surface area contributed by atoms with Crippen molar-refractivity contribution in [1.82, 2.24) is 13.9 Å². The number of rotatable bonds is 3. The van der Waals surface area contributed by atoms with Crippen molar-refractivity contribution in [3.05, 3.63) is 46.6 Å². The van der Waals surface area contributed by atoms with E-state index < -0.39 is 14.9 Å². The predicted molar refractivity (Wildman–Crippen MR) is 79.6 cm³/mol. The zero-order valence-electron chi connectivity index (χ0n) is 12.0. The summed E-state index contributed by atoms with van der Waals surface area (Å²) in [5.74, 6) is -0.320. The van der Waals surface area contributed by atoms with Gasteiger partial charge in [0.1, 0.15) is 12.8 Å². The zero-order valence-corrected chi connectivity index (χ0v) is 12.8. The second-order valence-electron chi connectivity index (χ2n) is 4.90. The van der Waals surface area contributed by atoms with Gasteiger partial charge in [-0.3, -0.25) is 4.57 Å². The molecule has 0 aliphatic carbocycles. The van der Waals surface area contributed by atoms with Gasteiger partial charge in [0.2, 0.25) is 10.0 Å². The van der Waals surface area contributed by atoms with Gasteiger partial charge in [-0.2, -0.15) is 4.31 Å². The molecule has 2 aromatic rings. The largest absolute Gasteiger partial charge is 0.444 e. The molecule has 0 fully saturated rings. The van der Waals surface area contributed by atoms with Gasteiger partial charge in [-0.25, -0.2) is 8.42 Å². The quantitative estimate of drug-likeness (QED) is 0.607. The molecule has 2 heterocycles. The molecule has 1 aliphatic rings. The van der Waals surface area contributed by atoms with Crippen molar-refractivity contribution in [2.45, 2.75) is 11.4 Å². The molecule has 0 saturated heterocycles. The topological polar surface area (TPSA) is 108 Å². The van der Waals surface area contributed by atoms with Gasteiger partial charge in [0.15, 0.2) is 0 Å². The van der Waals surface area contributed by atoms with E-state index in [0.717, 1.165) is 0 Å². The Kier molecular flexibility index (Phi) is 4.01. The summed E-state index contributed by atoms with van der Waals surface area (Å²) in [5.41, 5.74) is 0. The van der Waals surface area contributed by atoms with Crippen LogP contribution in [0.4, 0.5) is 5.82 Å². The fraction of sp³-hybridized carbons (Fsp3) is 0.308. The minimum atomic E-state index is -3.63. The summed E-state index contributed by atoms with van der Waals surface area (Å²) in [5, 5.41) is 10.8. The highest BCUT2D eigenvalue weighted by Gasteiger charge is 2.28. The van der Waals surface area contributed by atoms with E-state index in [4.69, 9.17) is 4.74 Å². The van der Waals surface area contributed by atoms with E-state index in [9.17, 15) is 18.5 Å². The summed E-state index contributed by atoms with van der Waals surface area (Å²) in [6.07, 6.45) is 1.24. The molecule has 0 bridgehead atoms. The third-order valence-corrected chi connectivity index (χ3v) is 5.37. The Balaban J connectivity index is 1.84. The molecule has 0 N–H and O–H groups in total. The van der Waals surface area contributed by atoms with Crippen molar-refractivity contribution in [1.29, 1.82) is 0 Å². The lowest BCUT2D eigenvalue weighted by Crippen LogP contribution is -2.38. The molecule has 3 rings (SSSR count). The Hall–Kier alpha value is -2.46. The molecule has 122 valence electrons. The lowest BCUT2D eigenvalue weighted by molar-refractivity contribution is -0.389. The lowest BCUT2D eigenvalue weighted by atomic mass is 10.4. The summed E-state index contributed by atoms with van der Waals surface area (Å²) in [4.78, 5) is 14.1. The molecule has 1 aromatic carbocycles. The van der Waals surface area contributed by atoms with Crippen LogP contribution in [-0.2, 0) is 16.6 Å². The Morgan fingerprint density at radius 3 is 2.61 bits per heavy atom. The van der Waals surface area contributed by atoms with Crippen molar-refractivity contribution >= 4 is 15.8 Å². The average Bonchev–Trinajstić information content (AvgIpc) is 2.91. The average molecular weight is 338 g/mol. The maximum absolute atomic E-state index is 12.6. The van der Waals surface area contributed by atoms with Crippen LogP contribution in [0.3, 0.4) is 0 Å². The fourth-order valence-electron chi connectivity index (χ4n) is 2.30. The third kappa shape index (κ3) is 3.03. The predicted octanol–water partition coefficient (Wildman–Crippen LogP) is 0.875. The molecule has 9 nitrogen and oxygen atoms in total. The van der Waals surface area contributed by atoms with Crippen LogP contribution in [-0.4, -0.2) is 46.9 Å². The standard InChI is InChI=1S/C13H14N4O5S/c18-17(19)12-10-15-6-7-16(8-9-22-13(15)14-12)23(20,21)11-4-2-1-3-5-11/h1-5,10H,6-9H2. The van der Waals surface area contributed by atoms with Crippen LogP contribution >= 0.6 is 0 Å². The molecule has 23 heavy (non-hydrogen) atoms. The van der Waals surface area contributed by atoms with Crippen molar-refractivity contribution in [3.8, 4) is 6.01 Å². The zero-order chi connectivity index (χ0) is 16.4. The summed E-state index contributed by atoms with van der Waals surface area (Å²) in [7, 11) is -3.63. The number of hydrogen-bond acceptors (Lipinski definition) is 6. The fourth-order valence-corrected chi connectivity index (χ4v) is 3.74. The SMILES string of the molecule is O=[N+]([O-])c1cn2c(n1)OCCN(S(=O)(=O)c1ccccc1)CC2. The molecule has 1 aliphatic heterocycles. The summed E-state index contributed by atoms with van der Waals surface area (Å²) >= 11 is 0. The molecule has 0 radical (unpaired) electrons. The summed E-state index contributed by atoms with van der Waals surface area (Å²) < 4.78 is 33.3. The molecular formula is C13H14N4O5S. The smallest absolute Gasteiger partial charge is 0.414 e. The molecular weight excluding hydrogens is 324 g/mol. The van der Waals surface area contributed by atoms with Crippen LogP contribution in [0.5, 0.6) is 6.01 Å². The minimum absolute atomic E-state index is 0.0697. The van der Waals surface area contributed by atoms with Gasteiger partial charge >= 0.3 is 11.8 Å². The van der Waals surface area contributed by atoms with Gasteiger partial charge in [-0.1, -0.05) is 18.2 Å². The van der Waals surface area contributed by atoms with Gasteiger partial charge < -0.3 is 14.9 Å². The molecule has 0 unspecified atom stereocenters. The van der Waals surface area contributed by atoms with Crippen LogP contribution in [0.2, 0.25) is 0 Å². The monoisotopic (exact) mass is 338 g/mol. The second kappa shape index (κ2) is 5.97. The Bertz CT molecular complexity index is 818. The number of benzene rings is 1. The van der Waals surface area contributed by atoms with E-state index in [1.165, 1.54) is 27.2 Å². The number of fused-ring (bicyclic) bond motifs is 1. The van der Waals surface area contributed by atoms with E-state index in [2.05, 4.69) is 4.98 Å². The number of nitro groups is 1. The van der Waals surface area contributed by atoms with Crippen molar-refractivity contribution in [2.75, 3.05) is 19.7 Å². The number of aromatic nitrogens is 2. The molecule has 1 aromatic heterocycles. The van der Waals surface area contributed by atoms with Crippen LogP contribution in [0.25, 0.3) is 0 Å².